The van der Waals surface area contributed by atoms with E-state index in [-0.39, 0.29) is 11.7 Å². The number of imidazole rings is 1. The van der Waals surface area contributed by atoms with Crippen molar-refractivity contribution in [2.75, 3.05) is 6.61 Å². The van der Waals surface area contributed by atoms with Crippen molar-refractivity contribution in [1.82, 2.24) is 29.8 Å². The molecule has 47 heavy (non-hydrogen) atoms. The highest BCUT2D eigenvalue weighted by molar-refractivity contribution is 6.02. The third kappa shape index (κ3) is 7.26. The van der Waals surface area contributed by atoms with E-state index < -0.39 is 18.4 Å². The van der Waals surface area contributed by atoms with Gasteiger partial charge in [0.1, 0.15) is 6.10 Å². The predicted molar refractivity (Wildman–Crippen MR) is 174 cm³/mol. The number of nitrogens with zero attached hydrogens (tertiary/aromatic N) is 6. The fourth-order valence-corrected chi connectivity index (χ4v) is 5.82. The summed E-state index contributed by atoms with van der Waals surface area (Å²) >= 11 is 0. The van der Waals surface area contributed by atoms with Crippen molar-refractivity contribution < 1.29 is 28.5 Å². The zero-order chi connectivity index (χ0) is 32.8. The first-order valence-electron chi connectivity index (χ1n) is 16.1. The van der Waals surface area contributed by atoms with Crippen LogP contribution < -0.4 is 4.74 Å². The van der Waals surface area contributed by atoms with E-state index in [0.29, 0.717) is 42.6 Å². The second-order valence-corrected chi connectivity index (χ2v) is 11.3. The van der Waals surface area contributed by atoms with Gasteiger partial charge in [-0.05, 0) is 73.6 Å². The lowest BCUT2D eigenvalue weighted by Crippen LogP contribution is -2.26. The lowest BCUT2D eigenvalue weighted by atomic mass is 9.98. The van der Waals surface area contributed by atoms with Crippen LogP contribution in [0.2, 0.25) is 0 Å². The van der Waals surface area contributed by atoms with E-state index in [4.69, 9.17) is 18.9 Å². The lowest BCUT2D eigenvalue weighted by Gasteiger charge is -2.22. The molecule has 244 valence electrons. The molecule has 0 bridgehead atoms. The number of fused-ring (bicyclic) bond motifs is 1. The molecule has 5 aromatic rings. The summed E-state index contributed by atoms with van der Waals surface area (Å²) in [5.74, 6) is -0.0867. The molecule has 1 aliphatic rings. The Balaban J connectivity index is 1.22. The van der Waals surface area contributed by atoms with Crippen molar-refractivity contribution in [2.45, 2.75) is 78.4 Å². The molecule has 2 heterocycles. The molecule has 0 aliphatic heterocycles. The Morgan fingerprint density at radius 3 is 2.40 bits per heavy atom. The maximum atomic E-state index is 13.4. The number of carbonyl (C=O) groups excluding carboxylic acids is 2. The van der Waals surface area contributed by atoms with Crippen LogP contribution in [0.4, 0.5) is 4.79 Å². The third-order valence-corrected chi connectivity index (χ3v) is 8.08. The van der Waals surface area contributed by atoms with Crippen LogP contribution >= 0.6 is 0 Å². The summed E-state index contributed by atoms with van der Waals surface area (Å²) in [6.07, 6.45) is 2.65. The zero-order valence-corrected chi connectivity index (χ0v) is 26.8. The molecule has 1 saturated carbocycles. The number of rotatable bonds is 11. The minimum atomic E-state index is -1.14. The first-order chi connectivity index (χ1) is 22.9. The second kappa shape index (κ2) is 14.4. The number of ether oxygens (including phenoxy) is 4. The average Bonchev–Trinajstić information content (AvgIpc) is 3.70. The number of hydrogen-bond donors (Lipinski definition) is 0. The Morgan fingerprint density at radius 2 is 1.68 bits per heavy atom. The fourth-order valence-electron chi connectivity index (χ4n) is 5.82. The Hall–Kier alpha value is -5.26. The standard InChI is InChI=1S/C35H38N6O6/c1-4-41-38-32(37-39-41)28-15-10-9-14-27(28)25-20-18-24(19-21-25)22-40-31-29(16-11-17-30(31)36-34(40)44-5-2)33(42)45-23(3)46-35(43)47-26-12-7-6-8-13-26/h9-11,14-21,23,26H,4-8,12-13,22H2,1-3H3/t23-/m1/s1. The largest absolute Gasteiger partial charge is 0.511 e. The Morgan fingerprint density at radius 1 is 0.915 bits per heavy atom. The smallest absolute Gasteiger partial charge is 0.465 e. The summed E-state index contributed by atoms with van der Waals surface area (Å²) < 4.78 is 24.0. The fraction of sp³-hybridized carbons (Fsp3) is 0.371. The number of para-hydroxylation sites is 1. The van der Waals surface area contributed by atoms with Crippen molar-refractivity contribution in [3.05, 3.63) is 77.9 Å². The van der Waals surface area contributed by atoms with Gasteiger partial charge in [-0.3, -0.25) is 4.57 Å². The maximum Gasteiger partial charge on any atom is 0.511 e. The van der Waals surface area contributed by atoms with Crippen LogP contribution in [0.25, 0.3) is 33.5 Å². The number of carbonyl (C=O) groups is 2. The Bertz CT molecular complexity index is 1840. The highest BCUT2D eigenvalue weighted by Crippen LogP contribution is 2.31. The Labute approximate surface area is 272 Å². The first-order valence-corrected chi connectivity index (χ1v) is 16.1. The van der Waals surface area contributed by atoms with Gasteiger partial charge in [-0.1, -0.05) is 61.0 Å². The zero-order valence-electron chi connectivity index (χ0n) is 26.8. The second-order valence-electron chi connectivity index (χ2n) is 11.3. The number of esters is 1. The molecular weight excluding hydrogens is 600 g/mol. The summed E-state index contributed by atoms with van der Waals surface area (Å²) in [4.78, 5) is 32.0. The summed E-state index contributed by atoms with van der Waals surface area (Å²) in [5, 5.41) is 12.8. The molecule has 0 radical (unpaired) electrons. The molecule has 2 aromatic heterocycles. The van der Waals surface area contributed by atoms with Crippen LogP contribution in [0.1, 0.15) is 68.8 Å². The van der Waals surface area contributed by atoms with Crippen LogP contribution in [0.15, 0.2) is 66.7 Å². The van der Waals surface area contributed by atoms with E-state index >= 15 is 0 Å². The summed E-state index contributed by atoms with van der Waals surface area (Å²) in [5.41, 5.74) is 5.24. The van der Waals surface area contributed by atoms with E-state index in [2.05, 4.69) is 20.4 Å². The predicted octanol–water partition coefficient (Wildman–Crippen LogP) is 6.81. The number of tetrazole rings is 1. The SMILES string of the molecule is CCOc1nc2cccc(C(=O)O[C@@H](C)OC(=O)OC3CCCCC3)c2n1Cc1ccc(-c2ccccc2-c2nnn(CC)n2)cc1. The van der Waals surface area contributed by atoms with Crippen LogP contribution in [0.5, 0.6) is 6.01 Å². The molecule has 1 aliphatic carbocycles. The van der Waals surface area contributed by atoms with E-state index in [1.165, 1.54) is 6.92 Å². The van der Waals surface area contributed by atoms with E-state index in [9.17, 15) is 9.59 Å². The molecular formula is C35H38N6O6. The van der Waals surface area contributed by atoms with Gasteiger partial charge in [0.15, 0.2) is 0 Å². The number of aryl methyl sites for hydroxylation is 1. The van der Waals surface area contributed by atoms with Crippen LogP contribution in [0, 0.1) is 0 Å². The average molecular weight is 639 g/mol. The molecule has 0 unspecified atom stereocenters. The summed E-state index contributed by atoms with van der Waals surface area (Å²) in [6.45, 7) is 6.75. The van der Waals surface area contributed by atoms with Gasteiger partial charge in [0.05, 0.1) is 36.3 Å². The molecule has 3 aromatic carbocycles. The van der Waals surface area contributed by atoms with E-state index in [1.54, 1.807) is 16.9 Å². The lowest BCUT2D eigenvalue weighted by molar-refractivity contribution is -0.0914. The third-order valence-electron chi connectivity index (χ3n) is 8.08. The van der Waals surface area contributed by atoms with Gasteiger partial charge in [0.25, 0.3) is 6.01 Å². The van der Waals surface area contributed by atoms with Crippen LogP contribution in [-0.4, -0.2) is 60.9 Å². The highest BCUT2D eigenvalue weighted by Gasteiger charge is 2.25. The maximum absolute atomic E-state index is 13.4. The normalized spacial score (nSPS) is 14.1. The van der Waals surface area contributed by atoms with Crippen molar-refractivity contribution >= 4 is 23.2 Å². The molecule has 6 rings (SSSR count). The molecule has 0 spiro atoms. The van der Waals surface area contributed by atoms with Gasteiger partial charge in [-0.25, -0.2) is 9.59 Å². The van der Waals surface area contributed by atoms with Gasteiger partial charge in [0.2, 0.25) is 12.1 Å². The number of aromatic nitrogens is 6. The molecule has 1 atom stereocenters. The Kier molecular flexibility index (Phi) is 9.75. The molecule has 0 saturated heterocycles. The molecule has 1 fully saturated rings. The molecule has 0 amide bonds. The van der Waals surface area contributed by atoms with Gasteiger partial charge < -0.3 is 18.9 Å². The monoisotopic (exact) mass is 638 g/mol. The highest BCUT2D eigenvalue weighted by atomic mass is 16.8. The molecule has 0 N–H and O–H groups in total. The minimum Gasteiger partial charge on any atom is -0.465 e. The van der Waals surface area contributed by atoms with Gasteiger partial charge in [-0.15, -0.1) is 10.2 Å². The van der Waals surface area contributed by atoms with E-state index in [1.807, 2.05) is 73.0 Å². The number of benzene rings is 3. The van der Waals surface area contributed by atoms with Gasteiger partial charge >= 0.3 is 12.1 Å². The van der Waals surface area contributed by atoms with Gasteiger partial charge in [-0.2, -0.15) is 9.78 Å². The quantitative estimate of drug-likeness (QED) is 0.112. The van der Waals surface area contributed by atoms with Crippen LogP contribution in [0.3, 0.4) is 0 Å². The van der Waals surface area contributed by atoms with Crippen molar-refractivity contribution in [3.63, 3.8) is 0 Å². The van der Waals surface area contributed by atoms with Crippen molar-refractivity contribution in [2.24, 2.45) is 0 Å². The summed E-state index contributed by atoms with van der Waals surface area (Å²) in [6, 6.07) is 21.7. The van der Waals surface area contributed by atoms with Crippen LogP contribution in [-0.2, 0) is 27.3 Å². The van der Waals surface area contributed by atoms with Gasteiger partial charge in [0, 0.05) is 12.5 Å². The minimum absolute atomic E-state index is 0.164. The molecule has 12 heteroatoms. The van der Waals surface area contributed by atoms with Crippen molar-refractivity contribution in [3.8, 4) is 28.5 Å². The van der Waals surface area contributed by atoms with E-state index in [0.717, 1.165) is 54.4 Å². The number of hydrogen-bond acceptors (Lipinski definition) is 10. The summed E-state index contributed by atoms with van der Waals surface area (Å²) in [7, 11) is 0. The van der Waals surface area contributed by atoms with Crippen molar-refractivity contribution in [1.29, 1.82) is 0 Å². The topological polar surface area (TPSA) is 132 Å². The first kappa shape index (κ1) is 31.7. The molecule has 12 nitrogen and oxygen atoms in total.